The Balaban J connectivity index is 2.24. The van der Waals surface area contributed by atoms with Gasteiger partial charge in [-0.25, -0.2) is 0 Å². The maximum Gasteiger partial charge on any atom is 0.0963 e. The molecule has 0 aromatic rings. The minimum Gasteiger partial charge on any atom is -0.387 e. The van der Waals surface area contributed by atoms with E-state index in [0.717, 1.165) is 25.7 Å². The Morgan fingerprint density at radius 2 is 2.00 bits per heavy atom. The number of hydrogen-bond acceptors (Lipinski definition) is 3. The average molecular weight is 242 g/mol. The van der Waals surface area contributed by atoms with Crippen molar-refractivity contribution in [2.24, 2.45) is 11.1 Å². The number of nitrogens with one attached hydrogen (secondary N) is 1. The second-order valence-electron chi connectivity index (χ2n) is 5.56. The smallest absolute Gasteiger partial charge is 0.0963 e. The van der Waals surface area contributed by atoms with Gasteiger partial charge in [0.05, 0.1) is 18.0 Å². The summed E-state index contributed by atoms with van der Waals surface area (Å²) >= 11 is 0. The molecule has 100 valence electrons. The van der Waals surface area contributed by atoms with Crippen LogP contribution in [0.25, 0.3) is 0 Å². The lowest BCUT2D eigenvalue weighted by atomic mass is 9.88. The summed E-state index contributed by atoms with van der Waals surface area (Å²) in [6, 6.07) is 0. The molecule has 17 heavy (non-hydrogen) atoms. The van der Waals surface area contributed by atoms with Crippen LogP contribution in [0.5, 0.6) is 0 Å². The molecule has 2 unspecified atom stereocenters. The molecular formula is C13H26N2O2. The van der Waals surface area contributed by atoms with Crippen LogP contribution < -0.4 is 5.73 Å². The van der Waals surface area contributed by atoms with E-state index < -0.39 is 0 Å². The fourth-order valence-electron chi connectivity index (χ4n) is 2.08. The zero-order valence-corrected chi connectivity index (χ0v) is 11.3. The molecular weight excluding hydrogens is 216 g/mol. The van der Waals surface area contributed by atoms with E-state index in [2.05, 4.69) is 0 Å². The summed E-state index contributed by atoms with van der Waals surface area (Å²) in [5.74, 6) is 0.236. The van der Waals surface area contributed by atoms with Crippen LogP contribution in [0.4, 0.5) is 0 Å². The van der Waals surface area contributed by atoms with Crippen LogP contribution in [0.3, 0.4) is 0 Å². The van der Waals surface area contributed by atoms with Crippen LogP contribution in [-0.4, -0.2) is 31.8 Å². The molecule has 1 fully saturated rings. The molecule has 1 aliphatic rings. The van der Waals surface area contributed by atoms with Gasteiger partial charge in [-0.2, -0.15) is 0 Å². The number of methoxy groups -OCH3 is 1. The SMILES string of the molecule is COC1CCCC(OCCC(C)(C)C(=N)N)C1. The van der Waals surface area contributed by atoms with Gasteiger partial charge in [0.15, 0.2) is 0 Å². The summed E-state index contributed by atoms with van der Waals surface area (Å²) in [6.07, 6.45) is 5.92. The second kappa shape index (κ2) is 6.36. The van der Waals surface area contributed by atoms with Gasteiger partial charge < -0.3 is 15.2 Å². The van der Waals surface area contributed by atoms with E-state index in [1.807, 2.05) is 13.8 Å². The van der Waals surface area contributed by atoms with Crippen LogP contribution >= 0.6 is 0 Å². The molecule has 0 radical (unpaired) electrons. The lowest BCUT2D eigenvalue weighted by Gasteiger charge is -2.29. The molecule has 0 aliphatic heterocycles. The number of rotatable bonds is 6. The Labute approximate surface area is 104 Å². The number of ether oxygens (including phenoxy) is 2. The highest BCUT2D eigenvalue weighted by Crippen LogP contribution is 2.25. The fraction of sp³-hybridized carbons (Fsp3) is 0.923. The van der Waals surface area contributed by atoms with Crippen molar-refractivity contribution in [2.75, 3.05) is 13.7 Å². The molecule has 0 bridgehead atoms. The van der Waals surface area contributed by atoms with Gasteiger partial charge in [0.25, 0.3) is 0 Å². The van der Waals surface area contributed by atoms with E-state index in [-0.39, 0.29) is 11.3 Å². The number of amidine groups is 1. The normalized spacial score (nSPS) is 25.8. The summed E-state index contributed by atoms with van der Waals surface area (Å²) in [6.45, 7) is 4.64. The van der Waals surface area contributed by atoms with Gasteiger partial charge in [0.2, 0.25) is 0 Å². The van der Waals surface area contributed by atoms with Crippen molar-refractivity contribution in [1.82, 2.24) is 0 Å². The molecule has 0 saturated heterocycles. The monoisotopic (exact) mass is 242 g/mol. The molecule has 1 aliphatic carbocycles. The number of hydrogen-bond donors (Lipinski definition) is 2. The minimum atomic E-state index is -0.255. The van der Waals surface area contributed by atoms with Crippen LogP contribution in [0, 0.1) is 10.8 Å². The van der Waals surface area contributed by atoms with Gasteiger partial charge in [0.1, 0.15) is 0 Å². The summed E-state index contributed by atoms with van der Waals surface area (Å²) in [5.41, 5.74) is 5.29. The van der Waals surface area contributed by atoms with Crippen molar-refractivity contribution >= 4 is 5.84 Å². The van der Waals surface area contributed by atoms with Gasteiger partial charge in [-0.05, 0) is 32.1 Å². The third kappa shape index (κ3) is 4.64. The Kier molecular flexibility index (Phi) is 5.40. The molecule has 4 nitrogen and oxygen atoms in total. The van der Waals surface area contributed by atoms with E-state index in [9.17, 15) is 0 Å². The Morgan fingerprint density at radius 3 is 2.59 bits per heavy atom. The highest BCUT2D eigenvalue weighted by atomic mass is 16.5. The molecule has 4 heteroatoms. The van der Waals surface area contributed by atoms with Gasteiger partial charge in [-0.1, -0.05) is 13.8 Å². The Morgan fingerprint density at radius 1 is 1.35 bits per heavy atom. The third-order valence-corrected chi connectivity index (χ3v) is 3.72. The zero-order chi connectivity index (χ0) is 12.9. The quantitative estimate of drug-likeness (QED) is 0.555. The van der Waals surface area contributed by atoms with Gasteiger partial charge in [-0.15, -0.1) is 0 Å². The van der Waals surface area contributed by atoms with Crippen LogP contribution in [-0.2, 0) is 9.47 Å². The Hall–Kier alpha value is -0.610. The molecule has 0 aromatic carbocycles. The van der Waals surface area contributed by atoms with Crippen molar-refractivity contribution in [2.45, 2.75) is 58.2 Å². The van der Waals surface area contributed by atoms with E-state index in [1.165, 1.54) is 6.42 Å². The fourth-order valence-corrected chi connectivity index (χ4v) is 2.08. The maximum absolute atomic E-state index is 7.48. The van der Waals surface area contributed by atoms with Gasteiger partial charge in [-0.3, -0.25) is 5.41 Å². The largest absolute Gasteiger partial charge is 0.387 e. The van der Waals surface area contributed by atoms with Crippen LogP contribution in [0.15, 0.2) is 0 Å². The van der Waals surface area contributed by atoms with Crippen molar-refractivity contribution in [3.8, 4) is 0 Å². The van der Waals surface area contributed by atoms with Crippen LogP contribution in [0.1, 0.15) is 46.0 Å². The number of nitrogens with two attached hydrogens (primary N) is 1. The molecule has 0 amide bonds. The van der Waals surface area contributed by atoms with Crippen molar-refractivity contribution in [1.29, 1.82) is 5.41 Å². The summed E-state index contributed by atoms with van der Waals surface area (Å²) in [7, 11) is 1.77. The van der Waals surface area contributed by atoms with E-state index in [0.29, 0.717) is 18.8 Å². The predicted molar refractivity (Wildman–Crippen MR) is 69.3 cm³/mol. The van der Waals surface area contributed by atoms with E-state index in [1.54, 1.807) is 7.11 Å². The minimum absolute atomic E-state index is 0.236. The van der Waals surface area contributed by atoms with Crippen molar-refractivity contribution < 1.29 is 9.47 Å². The van der Waals surface area contributed by atoms with Crippen molar-refractivity contribution in [3.05, 3.63) is 0 Å². The molecule has 1 rings (SSSR count). The molecule has 0 spiro atoms. The highest BCUT2D eigenvalue weighted by molar-refractivity contribution is 5.82. The third-order valence-electron chi connectivity index (χ3n) is 3.72. The molecule has 2 atom stereocenters. The Bertz CT molecular complexity index is 254. The lowest BCUT2D eigenvalue weighted by molar-refractivity contribution is -0.0334. The summed E-state index contributed by atoms with van der Waals surface area (Å²) in [5, 5.41) is 7.48. The molecule has 1 saturated carbocycles. The highest BCUT2D eigenvalue weighted by Gasteiger charge is 2.25. The summed E-state index contributed by atoms with van der Waals surface area (Å²) in [4.78, 5) is 0. The van der Waals surface area contributed by atoms with Crippen molar-refractivity contribution in [3.63, 3.8) is 0 Å². The first-order chi connectivity index (χ1) is 7.95. The molecule has 3 N–H and O–H groups in total. The van der Waals surface area contributed by atoms with Gasteiger partial charge >= 0.3 is 0 Å². The first-order valence-electron chi connectivity index (χ1n) is 6.44. The van der Waals surface area contributed by atoms with E-state index in [4.69, 9.17) is 20.6 Å². The second-order valence-corrected chi connectivity index (χ2v) is 5.56. The summed E-state index contributed by atoms with van der Waals surface area (Å²) < 4.78 is 11.2. The molecule has 0 heterocycles. The standard InChI is InChI=1S/C13H26N2O2/c1-13(2,12(14)15)7-8-17-11-6-4-5-10(9-11)16-3/h10-11H,4-9H2,1-3H3,(H3,14,15). The molecule has 0 aromatic heterocycles. The van der Waals surface area contributed by atoms with E-state index >= 15 is 0 Å². The first kappa shape index (κ1) is 14.5. The maximum atomic E-state index is 7.48. The average Bonchev–Trinajstić information content (AvgIpc) is 2.29. The topological polar surface area (TPSA) is 68.3 Å². The zero-order valence-electron chi connectivity index (χ0n) is 11.3. The predicted octanol–water partition coefficient (Wildman–Crippen LogP) is 2.31. The van der Waals surface area contributed by atoms with Crippen LogP contribution in [0.2, 0.25) is 0 Å². The first-order valence-corrected chi connectivity index (χ1v) is 6.44. The van der Waals surface area contributed by atoms with Gasteiger partial charge in [0, 0.05) is 19.1 Å². The lowest BCUT2D eigenvalue weighted by Crippen LogP contribution is -2.33.